The van der Waals surface area contributed by atoms with Crippen LogP contribution in [0.5, 0.6) is 5.75 Å². The number of nitro groups is 1. The molecule has 86 valence electrons. The normalized spacial score (nSPS) is 9.81. The van der Waals surface area contributed by atoms with Gasteiger partial charge >= 0.3 is 11.7 Å². The van der Waals surface area contributed by atoms with Gasteiger partial charge < -0.3 is 9.84 Å². The Bertz CT molecular complexity index is 416. The number of carboxylic acids is 1. The van der Waals surface area contributed by atoms with Gasteiger partial charge in [-0.05, 0) is 13.0 Å². The number of ether oxygens (including phenoxy) is 1. The van der Waals surface area contributed by atoms with Crippen molar-refractivity contribution in [3.05, 3.63) is 33.9 Å². The second kappa shape index (κ2) is 5.11. The van der Waals surface area contributed by atoms with Crippen molar-refractivity contribution >= 4 is 11.7 Å². The third-order valence-electron chi connectivity index (χ3n) is 1.91. The monoisotopic (exact) mass is 225 g/mol. The lowest BCUT2D eigenvalue weighted by atomic mass is 10.1. The minimum absolute atomic E-state index is 0.103. The maximum atomic E-state index is 10.8. The molecule has 0 aliphatic carbocycles. The molecule has 0 aliphatic heterocycles. The molecule has 6 nitrogen and oxygen atoms in total. The van der Waals surface area contributed by atoms with Crippen LogP contribution in [0.25, 0.3) is 0 Å². The molecule has 0 atom stereocenters. The highest BCUT2D eigenvalue weighted by molar-refractivity contribution is 5.73. The summed E-state index contributed by atoms with van der Waals surface area (Å²) in [5.74, 6) is -1.01. The van der Waals surface area contributed by atoms with E-state index in [2.05, 4.69) is 0 Å². The Balaban J connectivity index is 3.21. The Morgan fingerprint density at radius 1 is 1.56 bits per heavy atom. The van der Waals surface area contributed by atoms with Crippen molar-refractivity contribution in [2.45, 2.75) is 13.3 Å². The molecular formula is C10H11NO5. The van der Waals surface area contributed by atoms with Gasteiger partial charge in [-0.3, -0.25) is 14.9 Å². The molecule has 16 heavy (non-hydrogen) atoms. The molecule has 0 saturated carbocycles. The van der Waals surface area contributed by atoms with E-state index in [0.717, 1.165) is 0 Å². The van der Waals surface area contributed by atoms with Crippen molar-refractivity contribution in [1.29, 1.82) is 0 Å². The van der Waals surface area contributed by atoms with Crippen LogP contribution in [0.2, 0.25) is 0 Å². The van der Waals surface area contributed by atoms with E-state index in [-0.39, 0.29) is 23.6 Å². The summed E-state index contributed by atoms with van der Waals surface area (Å²) < 4.78 is 5.09. The van der Waals surface area contributed by atoms with Crippen LogP contribution in [-0.2, 0) is 11.2 Å². The van der Waals surface area contributed by atoms with Crippen molar-refractivity contribution in [2.24, 2.45) is 0 Å². The van der Waals surface area contributed by atoms with Gasteiger partial charge in [0.05, 0.1) is 18.0 Å². The van der Waals surface area contributed by atoms with Gasteiger partial charge in [0.2, 0.25) is 0 Å². The summed E-state index contributed by atoms with van der Waals surface area (Å²) in [7, 11) is 0. The minimum Gasteiger partial charge on any atom is -0.487 e. The van der Waals surface area contributed by atoms with Crippen LogP contribution < -0.4 is 4.74 Å². The Hall–Kier alpha value is -2.11. The number of aliphatic carboxylic acids is 1. The highest BCUT2D eigenvalue weighted by Crippen LogP contribution is 2.31. The smallest absolute Gasteiger partial charge is 0.314 e. The number of carboxylic acid groups (broad SMARTS) is 1. The zero-order chi connectivity index (χ0) is 12.1. The van der Waals surface area contributed by atoms with E-state index >= 15 is 0 Å². The molecule has 0 aromatic heterocycles. The minimum atomic E-state index is -1.11. The van der Waals surface area contributed by atoms with E-state index in [1.54, 1.807) is 6.92 Å². The summed E-state index contributed by atoms with van der Waals surface area (Å²) in [6.45, 7) is 1.99. The fourth-order valence-corrected chi connectivity index (χ4v) is 1.35. The Morgan fingerprint density at radius 3 is 2.75 bits per heavy atom. The number of nitrogens with zero attached hydrogens (tertiary/aromatic N) is 1. The molecule has 0 aliphatic rings. The summed E-state index contributed by atoms with van der Waals surface area (Å²) in [4.78, 5) is 20.8. The van der Waals surface area contributed by atoms with Gasteiger partial charge in [0.15, 0.2) is 5.75 Å². The fourth-order valence-electron chi connectivity index (χ4n) is 1.35. The number of rotatable bonds is 5. The summed E-state index contributed by atoms with van der Waals surface area (Å²) in [6.07, 6.45) is -0.392. The number of carbonyl (C=O) groups is 1. The van der Waals surface area contributed by atoms with E-state index in [1.165, 1.54) is 18.2 Å². The van der Waals surface area contributed by atoms with Crippen molar-refractivity contribution in [2.75, 3.05) is 6.61 Å². The molecule has 0 radical (unpaired) electrons. The largest absolute Gasteiger partial charge is 0.487 e. The number of hydrogen-bond donors (Lipinski definition) is 1. The topological polar surface area (TPSA) is 89.7 Å². The predicted molar refractivity (Wildman–Crippen MR) is 55.6 cm³/mol. The quantitative estimate of drug-likeness (QED) is 0.607. The molecule has 1 aromatic carbocycles. The molecule has 1 rings (SSSR count). The molecule has 0 spiro atoms. The molecule has 1 N–H and O–H groups in total. The van der Waals surface area contributed by atoms with Crippen LogP contribution in [0.3, 0.4) is 0 Å². The second-order valence-corrected chi connectivity index (χ2v) is 3.02. The molecule has 0 bridgehead atoms. The maximum absolute atomic E-state index is 10.8. The van der Waals surface area contributed by atoms with Crippen molar-refractivity contribution in [3.8, 4) is 5.75 Å². The summed E-state index contributed by atoms with van der Waals surface area (Å²) in [6, 6.07) is 4.40. The van der Waals surface area contributed by atoms with Gasteiger partial charge in [0.1, 0.15) is 0 Å². The molecule has 6 heteroatoms. The van der Waals surface area contributed by atoms with Crippen molar-refractivity contribution in [3.63, 3.8) is 0 Å². The lowest BCUT2D eigenvalue weighted by molar-refractivity contribution is -0.386. The van der Waals surface area contributed by atoms with Gasteiger partial charge in [-0.15, -0.1) is 0 Å². The van der Waals surface area contributed by atoms with Gasteiger partial charge in [-0.25, -0.2) is 0 Å². The molecule has 0 fully saturated rings. The Kier molecular flexibility index (Phi) is 3.82. The first-order valence-corrected chi connectivity index (χ1v) is 4.67. The molecule has 0 saturated heterocycles. The number of hydrogen-bond acceptors (Lipinski definition) is 4. The van der Waals surface area contributed by atoms with Crippen LogP contribution in [0.4, 0.5) is 5.69 Å². The third-order valence-corrected chi connectivity index (χ3v) is 1.91. The SMILES string of the molecule is CCOc1cccc(CC(=O)O)c1[N+](=O)[O-]. The maximum Gasteiger partial charge on any atom is 0.314 e. The number of benzene rings is 1. The lowest BCUT2D eigenvalue weighted by Crippen LogP contribution is -2.05. The van der Waals surface area contributed by atoms with Crippen LogP contribution in [0, 0.1) is 10.1 Å². The predicted octanol–water partition coefficient (Wildman–Crippen LogP) is 1.62. The third kappa shape index (κ3) is 2.69. The Labute approximate surface area is 91.6 Å². The summed E-state index contributed by atoms with van der Waals surface area (Å²) in [5, 5.41) is 19.5. The first-order chi connectivity index (χ1) is 7.56. The van der Waals surface area contributed by atoms with E-state index in [1.807, 2.05) is 0 Å². The van der Waals surface area contributed by atoms with Crippen molar-refractivity contribution < 1.29 is 19.6 Å². The Morgan fingerprint density at radius 2 is 2.25 bits per heavy atom. The van der Waals surface area contributed by atoms with Gasteiger partial charge in [0, 0.05) is 5.56 Å². The molecule has 1 aromatic rings. The van der Waals surface area contributed by atoms with Crippen LogP contribution >= 0.6 is 0 Å². The van der Waals surface area contributed by atoms with E-state index in [0.29, 0.717) is 0 Å². The highest BCUT2D eigenvalue weighted by atomic mass is 16.6. The standard InChI is InChI=1S/C10H11NO5/c1-2-16-8-5-3-4-7(6-9(12)13)10(8)11(14)15/h3-5H,2,6H2,1H3,(H,12,13). The van der Waals surface area contributed by atoms with Crippen molar-refractivity contribution in [1.82, 2.24) is 0 Å². The lowest BCUT2D eigenvalue weighted by Gasteiger charge is -2.06. The number of para-hydroxylation sites is 1. The van der Waals surface area contributed by atoms with E-state index in [9.17, 15) is 14.9 Å². The van der Waals surface area contributed by atoms with Crippen LogP contribution in [0.15, 0.2) is 18.2 Å². The van der Waals surface area contributed by atoms with Gasteiger partial charge in [0.25, 0.3) is 0 Å². The number of nitro benzene ring substituents is 1. The fraction of sp³-hybridized carbons (Fsp3) is 0.300. The van der Waals surface area contributed by atoms with Gasteiger partial charge in [-0.1, -0.05) is 12.1 Å². The molecular weight excluding hydrogens is 214 g/mol. The molecule has 0 unspecified atom stereocenters. The molecule has 0 amide bonds. The van der Waals surface area contributed by atoms with Crippen LogP contribution in [0.1, 0.15) is 12.5 Å². The zero-order valence-corrected chi connectivity index (χ0v) is 8.67. The summed E-state index contributed by atoms with van der Waals surface area (Å²) in [5.41, 5.74) is -0.129. The first kappa shape index (κ1) is 12.0. The highest BCUT2D eigenvalue weighted by Gasteiger charge is 2.21. The second-order valence-electron chi connectivity index (χ2n) is 3.02. The average molecular weight is 225 g/mol. The van der Waals surface area contributed by atoms with E-state index < -0.39 is 17.3 Å². The average Bonchev–Trinajstić information content (AvgIpc) is 2.16. The van der Waals surface area contributed by atoms with Crippen LogP contribution in [-0.4, -0.2) is 22.6 Å². The summed E-state index contributed by atoms with van der Waals surface area (Å²) >= 11 is 0. The first-order valence-electron chi connectivity index (χ1n) is 4.67. The van der Waals surface area contributed by atoms with E-state index in [4.69, 9.17) is 9.84 Å². The van der Waals surface area contributed by atoms with Gasteiger partial charge in [-0.2, -0.15) is 0 Å². The molecule has 0 heterocycles. The zero-order valence-electron chi connectivity index (χ0n) is 8.67.